The first-order chi connectivity index (χ1) is 23.0. The largest absolute Gasteiger partial charge is 0.362 e. The van der Waals surface area contributed by atoms with E-state index in [2.05, 4.69) is 131 Å². The molecule has 6 nitrogen and oxygen atoms in total. The molecule has 1 heterocycles. The topological polar surface area (TPSA) is 56.3 Å². The van der Waals surface area contributed by atoms with Gasteiger partial charge in [0, 0.05) is 50.7 Å². The van der Waals surface area contributed by atoms with Gasteiger partial charge in [-0.25, -0.2) is 4.98 Å². The predicted molar refractivity (Wildman–Crippen MR) is 197 cm³/mol. The van der Waals surface area contributed by atoms with Gasteiger partial charge in [-0.3, -0.25) is 4.90 Å². The first kappa shape index (κ1) is 32.7. The summed E-state index contributed by atoms with van der Waals surface area (Å²) in [6, 6.07) is 40.0. The maximum atomic E-state index is 4.87. The fourth-order valence-electron chi connectivity index (χ4n) is 7.11. The number of hydrogen-bond acceptors (Lipinski definition) is 6. The molecule has 4 aromatic carbocycles. The van der Waals surface area contributed by atoms with Gasteiger partial charge in [0.05, 0.1) is 5.52 Å². The first-order valence-electron chi connectivity index (χ1n) is 17.3. The van der Waals surface area contributed by atoms with E-state index in [4.69, 9.17) is 9.97 Å². The van der Waals surface area contributed by atoms with Crippen LogP contribution in [0.15, 0.2) is 109 Å². The third-order valence-corrected chi connectivity index (χ3v) is 9.97. The summed E-state index contributed by atoms with van der Waals surface area (Å²) in [4.78, 5) is 14.4. The fourth-order valence-corrected chi connectivity index (χ4v) is 7.11. The molecule has 0 amide bonds. The van der Waals surface area contributed by atoms with E-state index in [1.165, 1.54) is 35.1 Å². The summed E-state index contributed by atoms with van der Waals surface area (Å²) in [6.07, 6.45) is 4.69. The highest BCUT2D eigenvalue weighted by molar-refractivity contribution is 5.90. The minimum atomic E-state index is 0.283. The monoisotopic (exact) mass is 626 g/mol. The van der Waals surface area contributed by atoms with Crippen LogP contribution in [0.3, 0.4) is 0 Å². The Labute approximate surface area is 281 Å². The quantitative estimate of drug-likeness (QED) is 0.136. The number of nitrogens with zero attached hydrogens (tertiary/aromatic N) is 4. The van der Waals surface area contributed by atoms with Gasteiger partial charge in [0.25, 0.3) is 0 Å². The van der Waals surface area contributed by atoms with Crippen LogP contribution in [0.5, 0.6) is 0 Å². The molecule has 2 N–H and O–H groups in total. The zero-order valence-corrected chi connectivity index (χ0v) is 28.4. The lowest BCUT2D eigenvalue weighted by molar-refractivity contribution is 0.144. The van der Waals surface area contributed by atoms with Gasteiger partial charge in [-0.1, -0.05) is 97.1 Å². The number of aromatic nitrogens is 2. The van der Waals surface area contributed by atoms with E-state index < -0.39 is 0 Å². The van der Waals surface area contributed by atoms with Gasteiger partial charge in [-0.05, 0) is 86.4 Å². The normalized spacial score (nSPS) is 17.8. The van der Waals surface area contributed by atoms with Crippen LogP contribution < -0.4 is 15.5 Å². The molecule has 1 aliphatic rings. The third kappa shape index (κ3) is 8.19. The van der Waals surface area contributed by atoms with E-state index >= 15 is 0 Å². The summed E-state index contributed by atoms with van der Waals surface area (Å²) >= 11 is 0. The molecule has 244 valence electrons. The summed E-state index contributed by atoms with van der Waals surface area (Å²) in [6.45, 7) is 7.51. The van der Waals surface area contributed by atoms with E-state index in [9.17, 15) is 0 Å². The summed E-state index contributed by atoms with van der Waals surface area (Å²) < 4.78 is 0. The lowest BCUT2D eigenvalue weighted by Crippen LogP contribution is -2.32. The van der Waals surface area contributed by atoms with Gasteiger partial charge in [-0.15, -0.1) is 0 Å². The van der Waals surface area contributed by atoms with Gasteiger partial charge >= 0.3 is 0 Å². The van der Waals surface area contributed by atoms with Crippen LogP contribution in [0.25, 0.3) is 10.9 Å². The molecule has 0 radical (unpaired) electrons. The SMILES string of the molecule is C[C@@H](c1ccccc1)N(Cc1ccccc1CNC[C@H]1CC[C@@H](Nc2nc(N(C)C)c3ccccc3n2)CC1)[C@@H](C)c1ccccc1. The van der Waals surface area contributed by atoms with Gasteiger partial charge in [0.2, 0.25) is 5.95 Å². The summed E-state index contributed by atoms with van der Waals surface area (Å²) in [7, 11) is 4.09. The molecular formula is C41H50N6. The minimum Gasteiger partial charge on any atom is -0.362 e. The smallest absolute Gasteiger partial charge is 0.225 e. The number of benzene rings is 4. The van der Waals surface area contributed by atoms with Gasteiger partial charge in [0.1, 0.15) is 5.82 Å². The highest BCUT2D eigenvalue weighted by Crippen LogP contribution is 2.33. The fraction of sp³-hybridized carbons (Fsp3) is 0.366. The molecule has 2 atom stereocenters. The van der Waals surface area contributed by atoms with Crippen LogP contribution in [0.2, 0.25) is 0 Å². The van der Waals surface area contributed by atoms with Crippen LogP contribution in [0.4, 0.5) is 11.8 Å². The van der Waals surface area contributed by atoms with Crippen molar-refractivity contribution >= 4 is 22.7 Å². The molecule has 1 saturated carbocycles. The number of fused-ring (bicyclic) bond motifs is 1. The minimum absolute atomic E-state index is 0.283. The zero-order valence-electron chi connectivity index (χ0n) is 28.4. The summed E-state index contributed by atoms with van der Waals surface area (Å²) in [5.74, 6) is 2.38. The maximum Gasteiger partial charge on any atom is 0.225 e. The lowest BCUT2D eigenvalue weighted by Gasteiger charge is -2.36. The predicted octanol–water partition coefficient (Wildman–Crippen LogP) is 8.78. The second-order valence-corrected chi connectivity index (χ2v) is 13.4. The Morgan fingerprint density at radius 3 is 1.89 bits per heavy atom. The Morgan fingerprint density at radius 1 is 0.681 bits per heavy atom. The Bertz CT molecular complexity index is 1650. The van der Waals surface area contributed by atoms with Crippen molar-refractivity contribution in [1.82, 2.24) is 20.2 Å². The van der Waals surface area contributed by atoms with Crippen molar-refractivity contribution < 1.29 is 0 Å². The van der Waals surface area contributed by atoms with E-state index in [0.29, 0.717) is 12.0 Å². The molecule has 0 bridgehead atoms. The molecular weight excluding hydrogens is 576 g/mol. The van der Waals surface area contributed by atoms with Crippen LogP contribution in [0.1, 0.15) is 73.9 Å². The van der Waals surface area contributed by atoms with Gasteiger partial charge in [0.15, 0.2) is 0 Å². The Kier molecular flexibility index (Phi) is 10.8. The van der Waals surface area contributed by atoms with Crippen molar-refractivity contribution in [2.45, 2.75) is 70.7 Å². The molecule has 6 heteroatoms. The van der Waals surface area contributed by atoms with E-state index in [1.807, 2.05) is 26.2 Å². The molecule has 5 aromatic rings. The molecule has 1 fully saturated rings. The average Bonchev–Trinajstić information content (AvgIpc) is 3.11. The van der Waals surface area contributed by atoms with Crippen LogP contribution in [0, 0.1) is 5.92 Å². The van der Waals surface area contributed by atoms with Crippen molar-refractivity contribution in [1.29, 1.82) is 0 Å². The summed E-state index contributed by atoms with van der Waals surface area (Å²) in [5.41, 5.74) is 6.46. The second-order valence-electron chi connectivity index (χ2n) is 13.4. The van der Waals surface area contributed by atoms with Crippen LogP contribution >= 0.6 is 0 Å². The maximum absolute atomic E-state index is 4.87. The Balaban J connectivity index is 1.05. The number of anilines is 2. The van der Waals surface area contributed by atoms with Crippen molar-refractivity contribution in [2.24, 2.45) is 5.92 Å². The van der Waals surface area contributed by atoms with Crippen molar-refractivity contribution in [3.8, 4) is 0 Å². The van der Waals surface area contributed by atoms with Crippen LogP contribution in [-0.2, 0) is 13.1 Å². The van der Waals surface area contributed by atoms with Crippen molar-refractivity contribution in [3.63, 3.8) is 0 Å². The molecule has 1 aromatic heterocycles. The molecule has 0 spiro atoms. The van der Waals surface area contributed by atoms with E-state index in [1.54, 1.807) is 0 Å². The van der Waals surface area contributed by atoms with E-state index in [0.717, 1.165) is 55.1 Å². The second kappa shape index (κ2) is 15.6. The van der Waals surface area contributed by atoms with Crippen molar-refractivity contribution in [3.05, 3.63) is 131 Å². The molecule has 0 saturated heterocycles. The third-order valence-electron chi connectivity index (χ3n) is 9.97. The van der Waals surface area contributed by atoms with E-state index in [-0.39, 0.29) is 12.1 Å². The molecule has 0 aliphatic heterocycles. The number of nitrogens with one attached hydrogen (secondary N) is 2. The summed E-state index contributed by atoms with van der Waals surface area (Å²) in [5, 5.41) is 8.59. The number of rotatable bonds is 13. The van der Waals surface area contributed by atoms with Crippen molar-refractivity contribution in [2.75, 3.05) is 30.9 Å². The highest BCUT2D eigenvalue weighted by Gasteiger charge is 2.25. The Hall–Kier alpha value is -4.26. The first-order valence-corrected chi connectivity index (χ1v) is 17.3. The molecule has 0 unspecified atom stereocenters. The number of hydrogen-bond donors (Lipinski definition) is 2. The Morgan fingerprint density at radius 2 is 1.26 bits per heavy atom. The highest BCUT2D eigenvalue weighted by atomic mass is 15.2. The standard InChI is InChI=1S/C41H50N6/c1-30(33-15-7-5-8-16-33)47(31(2)34-17-9-6-10-18-34)29-36-20-12-11-19-35(36)28-42-27-32-23-25-37(26-24-32)43-41-44-39-22-14-13-21-38(39)40(45-41)46(3)4/h5-22,30-32,37,42H,23-29H2,1-4H3,(H,43,44,45)/t30-,31-,32-,37+/m0/s1. The molecule has 47 heavy (non-hydrogen) atoms. The number of para-hydroxylation sites is 1. The van der Waals surface area contributed by atoms with Crippen LogP contribution in [-0.4, -0.2) is 41.5 Å². The van der Waals surface area contributed by atoms with Gasteiger partial charge in [-0.2, -0.15) is 4.98 Å². The van der Waals surface area contributed by atoms with Gasteiger partial charge < -0.3 is 15.5 Å². The molecule has 6 rings (SSSR count). The molecule has 1 aliphatic carbocycles. The average molecular weight is 627 g/mol. The lowest BCUT2D eigenvalue weighted by atomic mass is 9.86. The zero-order chi connectivity index (χ0) is 32.6.